The predicted molar refractivity (Wildman–Crippen MR) is 104 cm³/mol. The summed E-state index contributed by atoms with van der Waals surface area (Å²) in [6, 6.07) is 0. The van der Waals surface area contributed by atoms with Crippen molar-refractivity contribution in [2.75, 3.05) is 0 Å². The molecule has 0 heterocycles. The van der Waals surface area contributed by atoms with E-state index in [9.17, 15) is 0 Å². The van der Waals surface area contributed by atoms with E-state index in [-0.39, 0.29) is 0 Å². The van der Waals surface area contributed by atoms with Gasteiger partial charge in [0.2, 0.25) is 0 Å². The second-order valence-corrected chi connectivity index (χ2v) is 6.66. The molecule has 1 heteroatoms. The summed E-state index contributed by atoms with van der Waals surface area (Å²) in [5.74, 6) is 0. The van der Waals surface area contributed by atoms with Gasteiger partial charge < -0.3 is 4.74 Å². The molecule has 0 saturated heterocycles. The molecule has 0 N–H and O–H groups in total. The van der Waals surface area contributed by atoms with Crippen molar-refractivity contribution in [3.8, 4) is 0 Å². The van der Waals surface area contributed by atoms with Gasteiger partial charge in [-0.3, -0.25) is 0 Å². The van der Waals surface area contributed by atoms with Crippen LogP contribution in [0.2, 0.25) is 0 Å². The van der Waals surface area contributed by atoms with E-state index in [4.69, 9.17) is 0 Å². The molecule has 0 unspecified atom stereocenters. The third kappa shape index (κ3) is 21.3. The Morgan fingerprint density at radius 3 is 1.48 bits per heavy atom. The Kier molecular flexibility index (Phi) is 20.6. The van der Waals surface area contributed by atoms with Crippen LogP contribution in [0.3, 0.4) is 0 Å². The molecule has 0 fully saturated rings. The van der Waals surface area contributed by atoms with Crippen LogP contribution in [0.25, 0.3) is 0 Å². The number of rotatable bonds is 18. The molecule has 0 aliphatic carbocycles. The van der Waals surface area contributed by atoms with E-state index in [0.29, 0.717) is 0 Å². The molecule has 23 heavy (non-hydrogen) atoms. The number of unbranched alkanes of at least 4 members (excludes halogenated alkanes) is 15. The highest BCUT2D eigenvalue weighted by atomic mass is 16.5. The third-order valence-electron chi connectivity index (χ3n) is 4.40. The highest BCUT2D eigenvalue weighted by Crippen LogP contribution is 2.13. The lowest BCUT2D eigenvalue weighted by Gasteiger charge is -2.03. The van der Waals surface area contributed by atoms with Crippen molar-refractivity contribution < 1.29 is 4.74 Å². The van der Waals surface area contributed by atoms with Crippen molar-refractivity contribution in [1.82, 2.24) is 0 Å². The van der Waals surface area contributed by atoms with E-state index >= 15 is 0 Å². The first kappa shape index (κ1) is 22.3. The van der Waals surface area contributed by atoms with E-state index in [1.54, 1.807) is 6.26 Å². The van der Waals surface area contributed by atoms with Crippen LogP contribution in [0, 0.1) is 7.11 Å². The van der Waals surface area contributed by atoms with Crippen molar-refractivity contribution in [1.29, 1.82) is 0 Å². The Balaban J connectivity index is 3.02. The quantitative estimate of drug-likeness (QED) is 0.141. The molecule has 0 bridgehead atoms. The maximum Gasteiger partial charge on any atom is 0.121 e. The monoisotopic (exact) mass is 321 g/mol. The number of hydrogen-bond acceptors (Lipinski definition) is 1. The fourth-order valence-electron chi connectivity index (χ4n) is 2.91. The summed E-state index contributed by atoms with van der Waals surface area (Å²) in [5.41, 5.74) is 0. The van der Waals surface area contributed by atoms with Crippen LogP contribution < -0.4 is 0 Å². The number of ether oxygens (including phenoxy) is 1. The first-order chi connectivity index (χ1) is 11.4. The van der Waals surface area contributed by atoms with Gasteiger partial charge in [0.05, 0.1) is 6.26 Å². The lowest BCUT2D eigenvalue weighted by molar-refractivity contribution is 0.394. The largest absolute Gasteiger partial charge is 0.498 e. The molecule has 1 radical (unpaired) electrons. The van der Waals surface area contributed by atoms with E-state index in [1.807, 2.05) is 12.2 Å². The maximum atomic E-state index is 4.59. The Bertz CT molecular complexity index is 255. The van der Waals surface area contributed by atoms with Crippen LogP contribution in [0.4, 0.5) is 0 Å². The molecule has 0 aromatic rings. The van der Waals surface area contributed by atoms with Gasteiger partial charge in [0.15, 0.2) is 0 Å². The van der Waals surface area contributed by atoms with Gasteiger partial charge in [-0.05, 0) is 18.9 Å². The zero-order valence-electron chi connectivity index (χ0n) is 15.7. The van der Waals surface area contributed by atoms with Gasteiger partial charge in [0, 0.05) is 0 Å². The Hall–Kier alpha value is -0.720. The van der Waals surface area contributed by atoms with Crippen LogP contribution in [0.1, 0.15) is 110 Å². The number of hydrogen-bond donors (Lipinski definition) is 0. The average molecular weight is 322 g/mol. The molecule has 0 aliphatic rings. The summed E-state index contributed by atoms with van der Waals surface area (Å²) in [7, 11) is 3.28. The smallest absolute Gasteiger partial charge is 0.121 e. The van der Waals surface area contributed by atoms with Crippen molar-refractivity contribution in [3.63, 3.8) is 0 Å². The van der Waals surface area contributed by atoms with Crippen molar-refractivity contribution in [2.45, 2.75) is 110 Å². The molecule has 0 rings (SSSR count). The zero-order chi connectivity index (χ0) is 16.8. The van der Waals surface area contributed by atoms with Gasteiger partial charge in [0.25, 0.3) is 0 Å². The maximum absolute atomic E-state index is 4.59. The van der Waals surface area contributed by atoms with Crippen LogP contribution in [-0.2, 0) is 4.74 Å². The van der Waals surface area contributed by atoms with E-state index in [1.165, 1.54) is 103 Å². The van der Waals surface area contributed by atoms with Gasteiger partial charge in [-0.1, -0.05) is 109 Å². The Labute approximate surface area is 146 Å². The van der Waals surface area contributed by atoms with Gasteiger partial charge >= 0.3 is 0 Å². The average Bonchev–Trinajstić information content (AvgIpc) is 2.57. The molecule has 135 valence electrons. The first-order valence-corrected chi connectivity index (χ1v) is 10.1. The van der Waals surface area contributed by atoms with Crippen LogP contribution in [0.15, 0.2) is 24.5 Å². The fraction of sp³-hybridized carbons (Fsp3) is 0.773. The molecular weight excluding hydrogens is 280 g/mol. The van der Waals surface area contributed by atoms with Crippen molar-refractivity contribution >= 4 is 0 Å². The molecule has 0 aliphatic heterocycles. The summed E-state index contributed by atoms with van der Waals surface area (Å²) in [4.78, 5) is 0. The summed E-state index contributed by atoms with van der Waals surface area (Å²) >= 11 is 0. The molecule has 0 aromatic heterocycles. The van der Waals surface area contributed by atoms with E-state index in [2.05, 4.69) is 24.8 Å². The van der Waals surface area contributed by atoms with Gasteiger partial charge in [0.1, 0.15) is 7.11 Å². The van der Waals surface area contributed by atoms with Crippen molar-refractivity contribution in [2.24, 2.45) is 0 Å². The van der Waals surface area contributed by atoms with Gasteiger partial charge in [-0.2, -0.15) is 0 Å². The highest BCUT2D eigenvalue weighted by molar-refractivity contribution is 4.99. The van der Waals surface area contributed by atoms with Gasteiger partial charge in [-0.15, -0.1) is 0 Å². The minimum absolute atomic E-state index is 1.18. The molecule has 0 atom stereocenters. The summed E-state index contributed by atoms with van der Waals surface area (Å²) < 4.78 is 4.59. The standard InChI is InChI=1S/C22H41O/c1-3-4-5-6-7-8-9-10-11-12-13-14-15-16-17-18-19-20-21-22-23-2/h19-22H,2-18H2,1H3. The van der Waals surface area contributed by atoms with Gasteiger partial charge in [-0.25, -0.2) is 0 Å². The van der Waals surface area contributed by atoms with Crippen LogP contribution in [0.5, 0.6) is 0 Å². The van der Waals surface area contributed by atoms with E-state index < -0.39 is 0 Å². The first-order valence-electron chi connectivity index (χ1n) is 10.1. The minimum atomic E-state index is 1.18. The summed E-state index contributed by atoms with van der Waals surface area (Å²) in [6.07, 6.45) is 30.3. The second kappa shape index (κ2) is 21.3. The molecule has 0 saturated carbocycles. The van der Waals surface area contributed by atoms with Crippen LogP contribution >= 0.6 is 0 Å². The molecule has 0 spiro atoms. The second-order valence-electron chi connectivity index (χ2n) is 6.66. The predicted octanol–water partition coefficient (Wildman–Crippen LogP) is 8.13. The third-order valence-corrected chi connectivity index (χ3v) is 4.40. The lowest BCUT2D eigenvalue weighted by atomic mass is 10.0. The summed E-state index contributed by atoms with van der Waals surface area (Å²) in [6.45, 7) is 2.29. The highest BCUT2D eigenvalue weighted by Gasteiger charge is 1.93. The number of allylic oxidation sites excluding steroid dienone is 3. The normalized spacial score (nSPS) is 11.7. The Morgan fingerprint density at radius 1 is 0.609 bits per heavy atom. The minimum Gasteiger partial charge on any atom is -0.498 e. The summed E-state index contributed by atoms with van der Waals surface area (Å²) in [5, 5.41) is 0. The molecular formula is C22H41O. The molecule has 0 amide bonds. The molecule has 1 nitrogen and oxygen atoms in total. The lowest BCUT2D eigenvalue weighted by Crippen LogP contribution is -1.83. The Morgan fingerprint density at radius 2 is 1.04 bits per heavy atom. The zero-order valence-corrected chi connectivity index (χ0v) is 15.7. The fourth-order valence-corrected chi connectivity index (χ4v) is 2.91. The van der Waals surface area contributed by atoms with Crippen LogP contribution in [-0.4, -0.2) is 0 Å². The molecule has 0 aromatic carbocycles. The topological polar surface area (TPSA) is 9.23 Å². The SMILES string of the molecule is [CH2]OC=CC=CCCCCCCCCCCCCCCCCC. The van der Waals surface area contributed by atoms with E-state index in [0.717, 1.165) is 0 Å². The van der Waals surface area contributed by atoms with Crippen molar-refractivity contribution in [3.05, 3.63) is 31.6 Å².